The fourth-order valence-electron chi connectivity index (χ4n) is 3.05. The number of amides is 2. The van der Waals surface area contributed by atoms with Gasteiger partial charge >= 0.3 is 11.7 Å². The predicted molar refractivity (Wildman–Crippen MR) is 84.6 cm³/mol. The Labute approximate surface area is 136 Å². The van der Waals surface area contributed by atoms with E-state index in [0.29, 0.717) is 17.5 Å². The van der Waals surface area contributed by atoms with Crippen LogP contribution in [0.3, 0.4) is 0 Å². The average Bonchev–Trinajstić information content (AvgIpc) is 2.77. The number of carbonyl (C=O) groups is 3. The third-order valence-corrected chi connectivity index (χ3v) is 4.30. The number of hydrogen-bond donors (Lipinski definition) is 2. The lowest BCUT2D eigenvalue weighted by Gasteiger charge is -2.21. The number of carboxylic acids is 1. The fourth-order valence-corrected chi connectivity index (χ4v) is 3.05. The van der Waals surface area contributed by atoms with E-state index < -0.39 is 17.9 Å². The highest BCUT2D eigenvalue weighted by atomic mass is 16.4. The van der Waals surface area contributed by atoms with Crippen LogP contribution in [-0.4, -0.2) is 32.0 Å². The molecule has 8 heteroatoms. The third kappa shape index (κ3) is 2.70. The Balaban J connectivity index is 2.05. The van der Waals surface area contributed by atoms with Gasteiger partial charge in [0.1, 0.15) is 6.04 Å². The van der Waals surface area contributed by atoms with Crippen LogP contribution >= 0.6 is 0 Å². The van der Waals surface area contributed by atoms with Crippen LogP contribution < -0.4 is 11.0 Å². The van der Waals surface area contributed by atoms with Crippen LogP contribution in [0.5, 0.6) is 0 Å². The molecule has 1 aromatic carbocycles. The number of piperidine rings is 1. The van der Waals surface area contributed by atoms with Crippen molar-refractivity contribution in [3.05, 3.63) is 34.2 Å². The van der Waals surface area contributed by atoms with Gasteiger partial charge in [0.25, 0.3) is 0 Å². The molecule has 8 nitrogen and oxygen atoms in total. The van der Waals surface area contributed by atoms with Crippen LogP contribution in [0, 0.1) is 0 Å². The minimum absolute atomic E-state index is 0.00725. The molecular weight excluding hydrogens is 314 g/mol. The van der Waals surface area contributed by atoms with Gasteiger partial charge in [-0.1, -0.05) is 6.07 Å². The highest BCUT2D eigenvalue weighted by Crippen LogP contribution is 2.24. The highest BCUT2D eigenvalue weighted by Gasteiger charge is 2.31. The monoisotopic (exact) mass is 331 g/mol. The summed E-state index contributed by atoms with van der Waals surface area (Å²) >= 11 is 0. The maximum absolute atomic E-state index is 12.6. The molecule has 3 rings (SSSR count). The minimum Gasteiger partial charge on any atom is -0.481 e. The zero-order valence-corrected chi connectivity index (χ0v) is 13.1. The molecule has 0 spiro atoms. The van der Waals surface area contributed by atoms with Crippen molar-refractivity contribution in [3.8, 4) is 0 Å². The maximum Gasteiger partial charge on any atom is 0.329 e. The molecule has 0 bridgehead atoms. The van der Waals surface area contributed by atoms with Crippen molar-refractivity contribution in [2.75, 3.05) is 0 Å². The van der Waals surface area contributed by atoms with E-state index in [2.05, 4.69) is 5.32 Å². The zero-order chi connectivity index (χ0) is 17.4. The van der Waals surface area contributed by atoms with Gasteiger partial charge in [0.15, 0.2) is 0 Å². The molecule has 1 unspecified atom stereocenters. The van der Waals surface area contributed by atoms with Gasteiger partial charge in [-0.15, -0.1) is 0 Å². The van der Waals surface area contributed by atoms with E-state index in [0.717, 1.165) is 5.56 Å². The Morgan fingerprint density at radius 3 is 2.71 bits per heavy atom. The molecule has 0 aliphatic carbocycles. The van der Waals surface area contributed by atoms with Gasteiger partial charge in [-0.05, 0) is 30.5 Å². The molecule has 1 aliphatic rings. The molecule has 2 N–H and O–H groups in total. The second kappa shape index (κ2) is 5.95. The van der Waals surface area contributed by atoms with Crippen LogP contribution in [0.4, 0.5) is 0 Å². The molecule has 1 saturated heterocycles. The summed E-state index contributed by atoms with van der Waals surface area (Å²) in [5, 5.41) is 11.0. The number of nitrogens with one attached hydrogen (secondary N) is 1. The smallest absolute Gasteiger partial charge is 0.329 e. The molecule has 2 aromatic rings. The largest absolute Gasteiger partial charge is 0.481 e. The Hall–Kier alpha value is -2.90. The summed E-state index contributed by atoms with van der Waals surface area (Å²) in [6.45, 7) is 0. The summed E-state index contributed by atoms with van der Waals surface area (Å²) in [4.78, 5) is 46.6. The first kappa shape index (κ1) is 16.0. The first-order valence-electron chi connectivity index (χ1n) is 7.64. The molecule has 2 amide bonds. The zero-order valence-electron chi connectivity index (χ0n) is 13.1. The first-order valence-corrected chi connectivity index (χ1v) is 7.64. The molecule has 1 atom stereocenters. The van der Waals surface area contributed by atoms with E-state index in [-0.39, 0.29) is 30.9 Å². The lowest BCUT2D eigenvalue weighted by molar-refractivity contribution is -0.137. The molecule has 1 aromatic heterocycles. The molecule has 1 aliphatic heterocycles. The third-order valence-electron chi connectivity index (χ3n) is 4.30. The Morgan fingerprint density at radius 2 is 2.04 bits per heavy atom. The van der Waals surface area contributed by atoms with Crippen molar-refractivity contribution in [2.24, 2.45) is 7.05 Å². The van der Waals surface area contributed by atoms with Crippen molar-refractivity contribution >= 4 is 28.8 Å². The summed E-state index contributed by atoms with van der Waals surface area (Å²) in [7, 11) is 1.61. The molecule has 0 radical (unpaired) electrons. The van der Waals surface area contributed by atoms with Gasteiger partial charge in [-0.3, -0.25) is 28.8 Å². The van der Waals surface area contributed by atoms with Crippen molar-refractivity contribution in [1.82, 2.24) is 14.5 Å². The van der Waals surface area contributed by atoms with Gasteiger partial charge < -0.3 is 5.11 Å². The van der Waals surface area contributed by atoms with E-state index in [1.807, 2.05) is 0 Å². The first-order chi connectivity index (χ1) is 11.4. The van der Waals surface area contributed by atoms with Crippen LogP contribution in [0.15, 0.2) is 23.0 Å². The number of aromatic nitrogens is 2. The number of benzene rings is 1. The Kier molecular flexibility index (Phi) is 3.96. The summed E-state index contributed by atoms with van der Waals surface area (Å²) < 4.78 is 2.83. The standard InChI is InChI=1S/C16H17N3O5/c1-18-12-8-9(3-7-14(21)22)2-4-10(12)19(16(18)24)11-5-6-13(20)17-15(11)23/h2,4,8,11H,3,5-7H2,1H3,(H,21,22)(H,17,20,23). The molecule has 2 heterocycles. The van der Waals surface area contributed by atoms with E-state index in [4.69, 9.17) is 5.11 Å². The van der Waals surface area contributed by atoms with Gasteiger partial charge in [0.2, 0.25) is 11.8 Å². The Morgan fingerprint density at radius 1 is 1.29 bits per heavy atom. The topological polar surface area (TPSA) is 110 Å². The number of carboxylic acid groups (broad SMARTS) is 1. The number of rotatable bonds is 4. The summed E-state index contributed by atoms with van der Waals surface area (Å²) in [6, 6.07) is 4.52. The van der Waals surface area contributed by atoms with Crippen molar-refractivity contribution in [2.45, 2.75) is 31.7 Å². The average molecular weight is 331 g/mol. The van der Waals surface area contributed by atoms with E-state index in [9.17, 15) is 19.2 Å². The number of aryl methyl sites for hydroxylation is 2. The van der Waals surface area contributed by atoms with Crippen LogP contribution in [-0.2, 0) is 27.9 Å². The molecule has 24 heavy (non-hydrogen) atoms. The van der Waals surface area contributed by atoms with Crippen molar-refractivity contribution in [3.63, 3.8) is 0 Å². The number of hydrogen-bond acceptors (Lipinski definition) is 4. The molecule has 1 fully saturated rings. The maximum atomic E-state index is 12.6. The highest BCUT2D eigenvalue weighted by molar-refractivity contribution is 6.00. The summed E-state index contributed by atoms with van der Waals surface area (Å²) in [5.74, 6) is -1.69. The predicted octanol–water partition coefficient (Wildman–Crippen LogP) is 0.335. The summed E-state index contributed by atoms with van der Waals surface area (Å²) in [6.07, 6.45) is 0.844. The van der Waals surface area contributed by atoms with Gasteiger partial charge in [0, 0.05) is 19.9 Å². The number of aliphatic carboxylic acids is 1. The lowest BCUT2D eigenvalue weighted by Crippen LogP contribution is -2.44. The fraction of sp³-hybridized carbons (Fsp3) is 0.375. The van der Waals surface area contributed by atoms with Crippen LogP contribution in [0.25, 0.3) is 11.0 Å². The minimum atomic E-state index is -0.884. The van der Waals surface area contributed by atoms with Crippen molar-refractivity contribution < 1.29 is 19.5 Å². The number of fused-ring (bicyclic) bond motifs is 1. The normalized spacial score (nSPS) is 18.0. The van der Waals surface area contributed by atoms with Gasteiger partial charge in [-0.25, -0.2) is 4.79 Å². The van der Waals surface area contributed by atoms with E-state index in [1.54, 1.807) is 25.2 Å². The van der Waals surface area contributed by atoms with Gasteiger partial charge in [0.05, 0.1) is 11.0 Å². The quantitative estimate of drug-likeness (QED) is 0.785. The number of carbonyl (C=O) groups excluding carboxylic acids is 2. The van der Waals surface area contributed by atoms with E-state index >= 15 is 0 Å². The van der Waals surface area contributed by atoms with Crippen LogP contribution in [0.1, 0.15) is 30.9 Å². The second-order valence-electron chi connectivity index (χ2n) is 5.90. The Bertz CT molecular complexity index is 908. The molecule has 0 saturated carbocycles. The number of imidazole rings is 1. The number of imide groups is 1. The van der Waals surface area contributed by atoms with E-state index in [1.165, 1.54) is 9.13 Å². The van der Waals surface area contributed by atoms with Gasteiger partial charge in [-0.2, -0.15) is 0 Å². The molecular formula is C16H17N3O5. The lowest BCUT2D eigenvalue weighted by atomic mass is 10.1. The second-order valence-corrected chi connectivity index (χ2v) is 5.90. The van der Waals surface area contributed by atoms with Crippen LogP contribution in [0.2, 0.25) is 0 Å². The summed E-state index contributed by atoms with van der Waals surface area (Å²) in [5.41, 5.74) is 1.69. The molecule has 126 valence electrons. The number of nitrogens with zero attached hydrogens (tertiary/aromatic N) is 2. The SMILES string of the molecule is Cn1c(=O)n(C2CCC(=O)NC2=O)c2ccc(CCC(=O)O)cc21. The van der Waals surface area contributed by atoms with Crippen molar-refractivity contribution in [1.29, 1.82) is 0 Å².